The van der Waals surface area contributed by atoms with Gasteiger partial charge >= 0.3 is 11.9 Å². The van der Waals surface area contributed by atoms with Crippen molar-refractivity contribution >= 4 is 11.9 Å². The highest BCUT2D eigenvalue weighted by molar-refractivity contribution is 5.76. The van der Waals surface area contributed by atoms with Gasteiger partial charge in [-0.15, -0.1) is 0 Å². The van der Waals surface area contributed by atoms with Gasteiger partial charge in [0.1, 0.15) is 5.60 Å². The molecule has 4 rings (SSSR count). The topological polar surface area (TPSA) is 63.6 Å². The van der Waals surface area contributed by atoms with Crippen LogP contribution in [0.25, 0.3) is 0 Å². The number of esters is 1. The van der Waals surface area contributed by atoms with Gasteiger partial charge in [-0.1, -0.05) is 20.8 Å². The van der Waals surface area contributed by atoms with Gasteiger partial charge in [-0.3, -0.25) is 9.59 Å². The maximum absolute atomic E-state index is 12.6. The van der Waals surface area contributed by atoms with Gasteiger partial charge in [0.2, 0.25) is 0 Å². The largest absolute Gasteiger partial charge is 0.481 e. The molecule has 4 saturated carbocycles. The molecule has 0 aromatic heterocycles. The third kappa shape index (κ3) is 4.41. The molecule has 28 heavy (non-hydrogen) atoms. The van der Waals surface area contributed by atoms with Gasteiger partial charge in [-0.05, 0) is 103 Å². The Morgan fingerprint density at radius 3 is 1.57 bits per heavy atom. The summed E-state index contributed by atoms with van der Waals surface area (Å²) in [6, 6.07) is 0. The Morgan fingerprint density at radius 1 is 0.857 bits per heavy atom. The van der Waals surface area contributed by atoms with E-state index in [1.54, 1.807) is 13.8 Å². The van der Waals surface area contributed by atoms with E-state index in [0.717, 1.165) is 24.7 Å². The monoisotopic (exact) mass is 394 g/mol. The molecular weight excluding hydrogens is 352 g/mol. The number of carboxylic acids is 1. The highest BCUT2D eigenvalue weighted by Crippen LogP contribution is 2.60. The smallest absolute Gasteiger partial charge is 0.312 e. The van der Waals surface area contributed by atoms with Crippen LogP contribution in [0.4, 0.5) is 0 Å². The van der Waals surface area contributed by atoms with Gasteiger partial charge in [-0.2, -0.15) is 0 Å². The molecule has 4 aliphatic rings. The van der Waals surface area contributed by atoms with E-state index < -0.39 is 11.4 Å². The fourth-order valence-electron chi connectivity index (χ4n) is 5.40. The lowest BCUT2D eigenvalue weighted by molar-refractivity contribution is -0.218. The molecule has 4 aliphatic carbocycles. The van der Waals surface area contributed by atoms with E-state index in [1.807, 2.05) is 20.8 Å². The zero-order valence-electron chi connectivity index (χ0n) is 19.1. The lowest BCUT2D eigenvalue weighted by atomic mass is 9.49. The molecule has 0 aromatic carbocycles. The van der Waals surface area contributed by atoms with E-state index in [0.29, 0.717) is 18.3 Å². The Morgan fingerprint density at radius 2 is 1.29 bits per heavy atom. The van der Waals surface area contributed by atoms with Gasteiger partial charge in [0, 0.05) is 0 Å². The molecule has 0 spiro atoms. The lowest BCUT2D eigenvalue weighted by Gasteiger charge is -2.60. The fourth-order valence-corrected chi connectivity index (χ4v) is 5.40. The summed E-state index contributed by atoms with van der Waals surface area (Å²) in [6.07, 6.45) is 9.21. The molecule has 4 fully saturated rings. The second-order valence-corrected chi connectivity index (χ2v) is 10.8. The average molecular weight is 395 g/mol. The van der Waals surface area contributed by atoms with Crippen molar-refractivity contribution in [2.24, 2.45) is 34.5 Å². The summed E-state index contributed by atoms with van der Waals surface area (Å²) in [4.78, 5) is 22.9. The summed E-state index contributed by atoms with van der Waals surface area (Å²) in [5.74, 6) is 2.44. The minimum Gasteiger partial charge on any atom is -0.481 e. The van der Waals surface area contributed by atoms with Crippen LogP contribution in [0.3, 0.4) is 0 Å². The molecule has 0 amide bonds. The van der Waals surface area contributed by atoms with Gasteiger partial charge in [0.25, 0.3) is 0 Å². The van der Waals surface area contributed by atoms with Gasteiger partial charge in [-0.25, -0.2) is 0 Å². The molecule has 0 radical (unpaired) electrons. The van der Waals surface area contributed by atoms with Crippen molar-refractivity contribution in [3.63, 3.8) is 0 Å². The first-order valence-electron chi connectivity index (χ1n) is 11.4. The SMILES string of the molecule is CCC(C)(C)C(=O)O.CCC(C)(C)C(=O)OC1(CC)C2CC3CC(C2)CC1C3. The van der Waals surface area contributed by atoms with Crippen LogP contribution < -0.4 is 0 Å². The number of aliphatic carboxylic acids is 1. The Labute approximate surface area is 171 Å². The average Bonchev–Trinajstić information content (AvgIpc) is 2.64. The van der Waals surface area contributed by atoms with Crippen molar-refractivity contribution in [3.05, 3.63) is 0 Å². The predicted molar refractivity (Wildman–Crippen MR) is 112 cm³/mol. The number of carboxylic acid groups (broad SMARTS) is 1. The maximum atomic E-state index is 12.6. The molecule has 0 saturated heterocycles. The van der Waals surface area contributed by atoms with E-state index in [4.69, 9.17) is 9.84 Å². The molecule has 4 bridgehead atoms. The summed E-state index contributed by atoms with van der Waals surface area (Å²) >= 11 is 0. The molecule has 0 heterocycles. The van der Waals surface area contributed by atoms with Crippen LogP contribution in [0, 0.1) is 34.5 Å². The maximum Gasteiger partial charge on any atom is 0.312 e. The predicted octanol–water partition coefficient (Wildman–Crippen LogP) is 6.08. The normalized spacial score (nSPS) is 33.8. The summed E-state index contributed by atoms with van der Waals surface area (Å²) < 4.78 is 6.28. The molecule has 0 unspecified atom stereocenters. The Kier molecular flexibility index (Phi) is 6.93. The van der Waals surface area contributed by atoms with Crippen molar-refractivity contribution < 1.29 is 19.4 Å². The standard InChI is InChI=1S/C18H30O2.C6H12O2/c1-5-17(3,4)16(19)20-18(6-2)14-8-12-7-13(10-14)11-15(18)9-12;1-4-6(2,3)5(7)8/h12-15H,5-11H2,1-4H3;4H2,1-3H3,(H,7,8). The van der Waals surface area contributed by atoms with E-state index in [1.165, 1.54) is 32.1 Å². The third-order valence-electron chi connectivity index (χ3n) is 8.25. The van der Waals surface area contributed by atoms with Crippen molar-refractivity contribution in [2.45, 2.75) is 105 Å². The Bertz CT molecular complexity index is 547. The number of rotatable bonds is 6. The van der Waals surface area contributed by atoms with Crippen LogP contribution in [-0.4, -0.2) is 22.6 Å². The fraction of sp³-hybridized carbons (Fsp3) is 0.917. The number of hydrogen-bond donors (Lipinski definition) is 1. The van der Waals surface area contributed by atoms with Crippen LogP contribution in [0.5, 0.6) is 0 Å². The Hall–Kier alpha value is -1.06. The molecule has 0 atom stereocenters. The molecular formula is C24H42O4. The number of hydrogen-bond acceptors (Lipinski definition) is 3. The number of carbonyl (C=O) groups excluding carboxylic acids is 1. The van der Waals surface area contributed by atoms with Crippen LogP contribution in [0.1, 0.15) is 99.8 Å². The van der Waals surface area contributed by atoms with Gasteiger partial charge in [0.15, 0.2) is 0 Å². The highest BCUT2D eigenvalue weighted by Gasteiger charge is 2.59. The van der Waals surface area contributed by atoms with Gasteiger partial charge in [0.05, 0.1) is 10.8 Å². The molecule has 4 nitrogen and oxygen atoms in total. The van der Waals surface area contributed by atoms with E-state index in [2.05, 4.69) is 13.8 Å². The lowest BCUT2D eigenvalue weighted by Crippen LogP contribution is -2.60. The van der Waals surface area contributed by atoms with Crippen molar-refractivity contribution in [3.8, 4) is 0 Å². The van der Waals surface area contributed by atoms with Crippen molar-refractivity contribution in [2.75, 3.05) is 0 Å². The number of carbonyl (C=O) groups is 2. The number of ether oxygens (including phenoxy) is 1. The second-order valence-electron chi connectivity index (χ2n) is 10.8. The summed E-state index contributed by atoms with van der Waals surface area (Å²) in [5.41, 5.74) is -1.01. The van der Waals surface area contributed by atoms with Crippen molar-refractivity contribution in [1.29, 1.82) is 0 Å². The van der Waals surface area contributed by atoms with Crippen LogP contribution in [0.2, 0.25) is 0 Å². The first-order chi connectivity index (χ1) is 12.9. The molecule has 0 aliphatic heterocycles. The third-order valence-corrected chi connectivity index (χ3v) is 8.25. The first kappa shape index (κ1) is 23.2. The Balaban J connectivity index is 0.000000300. The van der Waals surface area contributed by atoms with Crippen LogP contribution in [-0.2, 0) is 14.3 Å². The molecule has 1 N–H and O–H groups in total. The zero-order chi connectivity index (χ0) is 21.3. The van der Waals surface area contributed by atoms with Crippen molar-refractivity contribution in [1.82, 2.24) is 0 Å². The summed E-state index contributed by atoms with van der Waals surface area (Å²) in [5, 5.41) is 8.44. The van der Waals surface area contributed by atoms with E-state index >= 15 is 0 Å². The summed E-state index contributed by atoms with van der Waals surface area (Å²) in [7, 11) is 0. The second kappa shape index (κ2) is 8.36. The molecule has 0 aromatic rings. The quantitative estimate of drug-likeness (QED) is 0.555. The minimum absolute atomic E-state index is 0.0364. The van der Waals surface area contributed by atoms with E-state index in [9.17, 15) is 9.59 Å². The zero-order valence-corrected chi connectivity index (χ0v) is 19.1. The molecule has 162 valence electrons. The molecule has 4 heteroatoms. The van der Waals surface area contributed by atoms with E-state index in [-0.39, 0.29) is 17.0 Å². The summed E-state index contributed by atoms with van der Waals surface area (Å²) in [6.45, 7) is 13.7. The van der Waals surface area contributed by atoms with Gasteiger partial charge < -0.3 is 9.84 Å². The van der Waals surface area contributed by atoms with Crippen LogP contribution >= 0.6 is 0 Å². The first-order valence-corrected chi connectivity index (χ1v) is 11.4. The highest BCUT2D eigenvalue weighted by atomic mass is 16.6. The minimum atomic E-state index is -0.722. The van der Waals surface area contributed by atoms with Crippen LogP contribution in [0.15, 0.2) is 0 Å².